The summed E-state index contributed by atoms with van der Waals surface area (Å²) in [5.41, 5.74) is 7.84. The Labute approximate surface area is 101 Å². The van der Waals surface area contributed by atoms with E-state index in [4.69, 9.17) is 21.0 Å². The average Bonchev–Trinajstić information content (AvgIpc) is 2.74. The van der Waals surface area contributed by atoms with Crippen LogP contribution in [0.25, 0.3) is 0 Å². The molecule has 1 aliphatic heterocycles. The van der Waals surface area contributed by atoms with Crippen molar-refractivity contribution in [1.82, 2.24) is 9.88 Å². The highest BCUT2D eigenvalue weighted by molar-refractivity contribution is 5.75. The molecule has 0 amide bonds. The molecule has 0 atom stereocenters. The van der Waals surface area contributed by atoms with Gasteiger partial charge in [0.25, 0.3) is 0 Å². The molecule has 6 nitrogen and oxygen atoms in total. The lowest BCUT2D eigenvalue weighted by Gasteiger charge is -2.13. The first kappa shape index (κ1) is 13.9. The second-order valence-electron chi connectivity index (χ2n) is 3.55. The predicted octanol–water partition coefficient (Wildman–Crippen LogP) is 0.970. The van der Waals surface area contributed by atoms with Crippen LogP contribution in [-0.4, -0.2) is 33.1 Å². The Bertz CT molecular complexity index is 440. The van der Waals surface area contributed by atoms with E-state index in [0.717, 1.165) is 13.1 Å². The molecule has 0 bridgehead atoms. The van der Waals surface area contributed by atoms with E-state index in [-0.39, 0.29) is 7.39 Å². The Morgan fingerprint density at radius 3 is 2.11 bits per heavy atom. The molecule has 1 aromatic rings. The number of aliphatic carboxylic acids is 1. The second-order valence-corrected chi connectivity index (χ2v) is 3.55. The third-order valence-corrected chi connectivity index (χ3v) is 2.23. The highest BCUT2D eigenvalue weighted by Crippen LogP contribution is 2.20. The summed E-state index contributed by atoms with van der Waals surface area (Å²) in [7, 11) is 0. The van der Waals surface area contributed by atoms with Gasteiger partial charge in [-0.15, -0.1) is 0 Å². The molecule has 0 aliphatic carbocycles. The number of aromatic amines is 1. The molecule has 0 radical (unpaired) electrons. The molecule has 2 rings (SSSR count). The number of H-pyrrole nitrogens is 1. The average molecular weight is 265 g/mol. The fourth-order valence-corrected chi connectivity index (χ4v) is 1.36. The fourth-order valence-electron chi connectivity index (χ4n) is 1.36. The van der Waals surface area contributed by atoms with Crippen LogP contribution in [-0.2, 0) is 17.9 Å². The van der Waals surface area contributed by atoms with Crippen LogP contribution < -0.4 is 5.73 Å². The number of nitrogens with one attached hydrogen (secondary N) is 2. The van der Waals surface area contributed by atoms with Crippen molar-refractivity contribution >= 4 is 11.9 Å². The van der Waals surface area contributed by atoms with Crippen molar-refractivity contribution in [2.75, 3.05) is 0 Å². The van der Waals surface area contributed by atoms with Gasteiger partial charge in [0.05, 0.1) is 0 Å². The number of guanidine groups is 1. The summed E-state index contributed by atoms with van der Waals surface area (Å²) in [4.78, 5) is 13.7. The standard InChI is InChI=1S/C7H10N4.C2HF3O2/c8-7(9)11-3-5-1-10-2-6(5)4-11;3-2(4,5)1(6)7/h1-2,10H,3-4H2,(H3,8,9);(H,6,7)/p+1. The number of rotatable bonds is 0. The maximum Gasteiger partial charge on any atom is 1.00 e. The predicted molar refractivity (Wildman–Crippen MR) is 56.8 cm³/mol. The van der Waals surface area contributed by atoms with Gasteiger partial charge < -0.3 is 20.7 Å². The van der Waals surface area contributed by atoms with Crippen LogP contribution in [0.4, 0.5) is 13.2 Å². The molecule has 0 unspecified atom stereocenters. The molecule has 9 heteroatoms. The van der Waals surface area contributed by atoms with E-state index >= 15 is 0 Å². The molecule has 18 heavy (non-hydrogen) atoms. The Balaban J connectivity index is 0.000000360. The summed E-state index contributed by atoms with van der Waals surface area (Å²) < 4.78 is 31.7. The normalized spacial score (nSPS) is 13.6. The number of carboxylic acid groups (broad SMARTS) is 1. The number of halogens is 3. The molecule has 0 spiro atoms. The van der Waals surface area contributed by atoms with Gasteiger partial charge in [0, 0.05) is 25.5 Å². The number of carboxylic acids is 1. The van der Waals surface area contributed by atoms with Gasteiger partial charge >= 0.3 is 13.6 Å². The zero-order valence-corrected chi connectivity index (χ0v) is 9.08. The molecule has 0 aromatic carbocycles. The summed E-state index contributed by atoms with van der Waals surface area (Å²) in [5, 5.41) is 14.3. The van der Waals surface area contributed by atoms with Crippen LogP contribution in [0.1, 0.15) is 12.6 Å². The Morgan fingerprint density at radius 2 is 1.83 bits per heavy atom. The zero-order chi connectivity index (χ0) is 13.9. The SMILES string of the molecule is N=C(N)N1Cc2c[nH]cc2C1.O=C(O)C(F)(F)F.[H+]. The maximum atomic E-state index is 10.6. The van der Waals surface area contributed by atoms with Gasteiger partial charge in [-0.3, -0.25) is 5.41 Å². The molecular weight excluding hydrogens is 253 g/mol. The largest absolute Gasteiger partial charge is 1.00 e. The first-order valence-electron chi connectivity index (χ1n) is 4.75. The van der Waals surface area contributed by atoms with Crippen molar-refractivity contribution in [2.24, 2.45) is 5.73 Å². The van der Waals surface area contributed by atoms with Crippen LogP contribution in [0.3, 0.4) is 0 Å². The monoisotopic (exact) mass is 265 g/mol. The van der Waals surface area contributed by atoms with Gasteiger partial charge in [-0.2, -0.15) is 13.2 Å². The lowest BCUT2D eigenvalue weighted by molar-refractivity contribution is -0.192. The van der Waals surface area contributed by atoms with E-state index in [1.165, 1.54) is 11.1 Å². The van der Waals surface area contributed by atoms with Crippen molar-refractivity contribution < 1.29 is 24.5 Å². The van der Waals surface area contributed by atoms with Crippen LogP contribution in [0.2, 0.25) is 0 Å². The number of fused-ring (bicyclic) bond motifs is 1. The van der Waals surface area contributed by atoms with Crippen LogP contribution in [0, 0.1) is 5.41 Å². The Morgan fingerprint density at radius 1 is 1.44 bits per heavy atom. The molecule has 1 aliphatic rings. The minimum Gasteiger partial charge on any atom is -0.475 e. The van der Waals surface area contributed by atoms with E-state index in [2.05, 4.69) is 4.98 Å². The van der Waals surface area contributed by atoms with E-state index in [0.29, 0.717) is 0 Å². The quantitative estimate of drug-likeness (QED) is 0.414. The lowest BCUT2D eigenvalue weighted by atomic mass is 10.2. The maximum absolute atomic E-state index is 10.6. The van der Waals surface area contributed by atoms with Crippen LogP contribution >= 0.6 is 0 Å². The summed E-state index contributed by atoms with van der Waals surface area (Å²) in [6.45, 7) is 1.54. The molecule has 5 N–H and O–H groups in total. The first-order valence-corrected chi connectivity index (χ1v) is 4.75. The second kappa shape index (κ2) is 4.98. The van der Waals surface area contributed by atoms with Crippen molar-refractivity contribution in [3.8, 4) is 0 Å². The molecule has 100 valence electrons. The highest BCUT2D eigenvalue weighted by atomic mass is 19.4. The molecule has 2 heterocycles. The van der Waals surface area contributed by atoms with E-state index in [1.54, 1.807) is 0 Å². The number of alkyl halides is 3. The minimum absolute atomic E-state index is 0. The molecule has 1 aromatic heterocycles. The third-order valence-electron chi connectivity index (χ3n) is 2.23. The number of hydrogen-bond acceptors (Lipinski definition) is 2. The lowest BCUT2D eigenvalue weighted by Crippen LogP contribution is -2.31. The van der Waals surface area contributed by atoms with Gasteiger partial charge in [-0.1, -0.05) is 0 Å². The number of aromatic nitrogens is 1. The van der Waals surface area contributed by atoms with Crippen LogP contribution in [0.15, 0.2) is 12.4 Å². The van der Waals surface area contributed by atoms with Crippen molar-refractivity contribution in [3.05, 3.63) is 23.5 Å². The third kappa shape index (κ3) is 3.40. The molecular formula is C9H12F3N4O2+. The van der Waals surface area contributed by atoms with Gasteiger partial charge in [-0.05, 0) is 11.1 Å². The zero-order valence-electron chi connectivity index (χ0n) is 10.1. The summed E-state index contributed by atoms with van der Waals surface area (Å²) in [6.07, 6.45) is -1.17. The van der Waals surface area contributed by atoms with Gasteiger partial charge in [0.2, 0.25) is 0 Å². The van der Waals surface area contributed by atoms with Crippen molar-refractivity contribution in [1.29, 1.82) is 5.41 Å². The molecule has 0 saturated heterocycles. The summed E-state index contributed by atoms with van der Waals surface area (Å²) in [6, 6.07) is 0. The topological polar surface area (TPSA) is 106 Å². The number of hydrogen-bond donors (Lipinski definition) is 4. The molecule has 0 saturated carbocycles. The van der Waals surface area contributed by atoms with Crippen LogP contribution in [0.5, 0.6) is 0 Å². The van der Waals surface area contributed by atoms with E-state index in [9.17, 15) is 13.2 Å². The van der Waals surface area contributed by atoms with Crippen molar-refractivity contribution in [2.45, 2.75) is 19.3 Å². The van der Waals surface area contributed by atoms with E-state index < -0.39 is 12.1 Å². The number of nitrogens with zero attached hydrogens (tertiary/aromatic N) is 1. The Kier molecular flexibility index (Phi) is 3.84. The highest BCUT2D eigenvalue weighted by Gasteiger charge is 2.38. The van der Waals surface area contributed by atoms with Gasteiger partial charge in [0.1, 0.15) is 0 Å². The van der Waals surface area contributed by atoms with Gasteiger partial charge in [-0.25, -0.2) is 4.79 Å². The summed E-state index contributed by atoms with van der Waals surface area (Å²) >= 11 is 0. The Hall–Kier alpha value is -2.19. The minimum atomic E-state index is -5.08. The summed E-state index contributed by atoms with van der Waals surface area (Å²) in [5.74, 6) is -2.60. The number of nitrogens with two attached hydrogens (primary N) is 1. The molecule has 0 fully saturated rings. The van der Waals surface area contributed by atoms with Crippen molar-refractivity contribution in [3.63, 3.8) is 0 Å². The fraction of sp³-hybridized carbons (Fsp3) is 0.333. The van der Waals surface area contributed by atoms with E-state index in [1.807, 2.05) is 17.3 Å². The first-order chi connectivity index (χ1) is 8.21. The smallest absolute Gasteiger partial charge is 0.475 e. The van der Waals surface area contributed by atoms with Gasteiger partial charge in [0.15, 0.2) is 5.96 Å². The number of carbonyl (C=O) groups is 1.